The van der Waals surface area contributed by atoms with E-state index in [1.165, 1.54) is 6.42 Å². The number of nitrogen functional groups attached to an aromatic ring is 2. The van der Waals surface area contributed by atoms with Gasteiger partial charge in [0, 0.05) is 17.8 Å². The molecule has 1 aliphatic carbocycles. The number of nitrogens with zero attached hydrogens (tertiary/aromatic N) is 1. The van der Waals surface area contributed by atoms with E-state index in [-0.39, 0.29) is 11.7 Å². The van der Waals surface area contributed by atoms with Crippen molar-refractivity contribution in [1.82, 2.24) is 14.5 Å². The zero-order valence-electron chi connectivity index (χ0n) is 13.6. The maximum absolute atomic E-state index is 12.3. The number of hydrogen-bond donors (Lipinski definition) is 4. The third-order valence-corrected chi connectivity index (χ3v) is 4.39. The topological polar surface area (TPSA) is 106 Å². The normalized spacial score (nSPS) is 21.2. The van der Waals surface area contributed by atoms with E-state index in [4.69, 9.17) is 11.5 Å². The second-order valence-corrected chi connectivity index (χ2v) is 5.70. The monoisotopic (exact) mass is 305 g/mol. The summed E-state index contributed by atoms with van der Waals surface area (Å²) >= 11 is 0. The molecule has 6 heteroatoms. The molecule has 1 fully saturated rings. The van der Waals surface area contributed by atoms with Crippen molar-refractivity contribution in [2.45, 2.75) is 52.5 Å². The van der Waals surface area contributed by atoms with E-state index in [2.05, 4.69) is 16.9 Å². The van der Waals surface area contributed by atoms with Crippen molar-refractivity contribution in [2.24, 2.45) is 5.92 Å². The first kappa shape index (κ1) is 16.3. The van der Waals surface area contributed by atoms with Gasteiger partial charge < -0.3 is 16.5 Å². The van der Waals surface area contributed by atoms with Gasteiger partial charge >= 0.3 is 5.69 Å². The van der Waals surface area contributed by atoms with Crippen LogP contribution in [0.1, 0.15) is 52.5 Å². The first-order valence-electron chi connectivity index (χ1n) is 8.12. The van der Waals surface area contributed by atoms with Crippen molar-refractivity contribution in [3.05, 3.63) is 22.7 Å². The van der Waals surface area contributed by atoms with Crippen LogP contribution in [0.15, 0.2) is 17.1 Å². The maximum Gasteiger partial charge on any atom is 0.327 e. The number of aromatic nitrogens is 3. The molecule has 1 saturated carbocycles. The van der Waals surface area contributed by atoms with Crippen LogP contribution in [0.2, 0.25) is 0 Å². The predicted molar refractivity (Wildman–Crippen MR) is 91.7 cm³/mol. The van der Waals surface area contributed by atoms with Crippen molar-refractivity contribution >= 4 is 11.6 Å². The van der Waals surface area contributed by atoms with Gasteiger partial charge in [0.2, 0.25) is 0 Å². The molecule has 2 heterocycles. The number of H-pyrrole nitrogens is 2. The van der Waals surface area contributed by atoms with Crippen LogP contribution in [0.4, 0.5) is 11.6 Å². The molecule has 0 aliphatic heterocycles. The minimum atomic E-state index is -0.142. The summed E-state index contributed by atoms with van der Waals surface area (Å²) in [5, 5.41) is 0. The second kappa shape index (κ2) is 6.77. The lowest BCUT2D eigenvalue weighted by atomic mass is 9.85. The number of hydrogen-bond acceptors (Lipinski definition) is 3. The van der Waals surface area contributed by atoms with Gasteiger partial charge in [-0.2, -0.15) is 0 Å². The van der Waals surface area contributed by atoms with E-state index in [9.17, 15) is 4.79 Å². The Morgan fingerprint density at radius 2 is 1.86 bits per heavy atom. The average molecular weight is 305 g/mol. The summed E-state index contributed by atoms with van der Waals surface area (Å²) in [6, 6.07) is 2.05. The van der Waals surface area contributed by atoms with Gasteiger partial charge in [-0.3, -0.25) is 9.55 Å². The van der Waals surface area contributed by atoms with Crippen LogP contribution in [0.3, 0.4) is 0 Å². The van der Waals surface area contributed by atoms with E-state index < -0.39 is 0 Å². The van der Waals surface area contributed by atoms with Crippen molar-refractivity contribution in [2.75, 3.05) is 11.5 Å². The standard InChI is InChI=1S/C14H21N5O.C2H6/c1-8-4-2-3-5-10(8)19-11(13(16)18-14(19)20)9-6-7-17-12(9)15;1-2/h6-8,10,17H,2-5,15-16H2,1H3,(H,18,20);1-2H3. The molecule has 2 aromatic heterocycles. The summed E-state index contributed by atoms with van der Waals surface area (Å²) in [7, 11) is 0. The summed E-state index contributed by atoms with van der Waals surface area (Å²) in [6.07, 6.45) is 6.29. The molecule has 1 aliphatic rings. The van der Waals surface area contributed by atoms with Crippen molar-refractivity contribution in [3.8, 4) is 11.3 Å². The Balaban J connectivity index is 0.000000847. The van der Waals surface area contributed by atoms with Crippen molar-refractivity contribution in [1.29, 1.82) is 0 Å². The summed E-state index contributed by atoms with van der Waals surface area (Å²) in [5.74, 6) is 1.39. The first-order chi connectivity index (χ1) is 10.6. The molecule has 0 amide bonds. The fraction of sp³-hybridized carbons (Fsp3) is 0.562. The smallest absolute Gasteiger partial charge is 0.327 e. The lowest BCUT2D eigenvalue weighted by Gasteiger charge is -2.30. The fourth-order valence-corrected chi connectivity index (χ4v) is 3.33. The van der Waals surface area contributed by atoms with Gasteiger partial charge in [0.25, 0.3) is 0 Å². The number of nitrogens with two attached hydrogens (primary N) is 2. The Hall–Kier alpha value is -2.11. The van der Waals surface area contributed by atoms with Crippen molar-refractivity contribution < 1.29 is 0 Å². The molecule has 0 aromatic carbocycles. The van der Waals surface area contributed by atoms with Crippen LogP contribution in [0, 0.1) is 5.92 Å². The third kappa shape index (κ3) is 2.77. The van der Waals surface area contributed by atoms with E-state index in [1.54, 1.807) is 10.8 Å². The van der Waals surface area contributed by atoms with Crippen LogP contribution in [-0.4, -0.2) is 14.5 Å². The SMILES string of the molecule is CC.CC1CCCCC1n1c(-c2cc[nH]c2N)c(N)[nH]c1=O. The van der Waals surface area contributed by atoms with Crippen molar-refractivity contribution in [3.63, 3.8) is 0 Å². The summed E-state index contributed by atoms with van der Waals surface area (Å²) in [6.45, 7) is 6.20. The number of nitrogens with one attached hydrogen (secondary N) is 2. The Bertz CT molecular complexity index is 666. The third-order valence-electron chi connectivity index (χ3n) is 4.39. The quantitative estimate of drug-likeness (QED) is 0.685. The highest BCUT2D eigenvalue weighted by atomic mass is 16.1. The highest BCUT2D eigenvalue weighted by molar-refractivity contribution is 5.78. The molecular formula is C16H27N5O. The number of anilines is 2. The zero-order chi connectivity index (χ0) is 16.3. The molecule has 2 atom stereocenters. The van der Waals surface area contributed by atoms with E-state index in [1.807, 2.05) is 19.9 Å². The minimum absolute atomic E-state index is 0.142. The number of rotatable bonds is 2. The molecule has 2 unspecified atom stereocenters. The van der Waals surface area contributed by atoms with E-state index >= 15 is 0 Å². The molecule has 0 saturated heterocycles. The molecule has 3 rings (SSSR count). The second-order valence-electron chi connectivity index (χ2n) is 5.70. The van der Waals surface area contributed by atoms with Crippen LogP contribution < -0.4 is 17.2 Å². The largest absolute Gasteiger partial charge is 0.385 e. The van der Waals surface area contributed by atoms with Gasteiger partial charge in [-0.15, -0.1) is 0 Å². The molecule has 2 aromatic rings. The lowest BCUT2D eigenvalue weighted by molar-refractivity contribution is 0.254. The molecule has 0 radical (unpaired) electrons. The molecular weight excluding hydrogens is 278 g/mol. The van der Waals surface area contributed by atoms with Gasteiger partial charge in [0.15, 0.2) is 0 Å². The molecule has 22 heavy (non-hydrogen) atoms. The van der Waals surface area contributed by atoms with Gasteiger partial charge in [-0.25, -0.2) is 4.79 Å². The van der Waals surface area contributed by atoms with Crippen LogP contribution in [0.5, 0.6) is 0 Å². The van der Waals surface area contributed by atoms with Gasteiger partial charge in [0.1, 0.15) is 11.6 Å². The first-order valence-corrected chi connectivity index (χ1v) is 8.12. The molecule has 6 N–H and O–H groups in total. The number of aromatic amines is 2. The summed E-state index contributed by atoms with van der Waals surface area (Å²) in [4.78, 5) is 18.0. The molecule has 6 nitrogen and oxygen atoms in total. The highest BCUT2D eigenvalue weighted by Gasteiger charge is 2.28. The van der Waals surface area contributed by atoms with Crippen LogP contribution >= 0.6 is 0 Å². The Morgan fingerprint density at radius 1 is 1.18 bits per heavy atom. The van der Waals surface area contributed by atoms with Gasteiger partial charge in [-0.1, -0.05) is 33.6 Å². The molecule has 122 valence electrons. The Morgan fingerprint density at radius 3 is 2.45 bits per heavy atom. The van der Waals surface area contributed by atoms with E-state index in [0.29, 0.717) is 23.2 Å². The Labute approximate surface area is 130 Å². The average Bonchev–Trinajstić information content (AvgIpc) is 3.04. The van der Waals surface area contributed by atoms with Crippen LogP contribution in [-0.2, 0) is 0 Å². The number of imidazole rings is 1. The Kier molecular flexibility index (Phi) is 5.00. The molecule has 0 spiro atoms. The lowest BCUT2D eigenvalue weighted by Crippen LogP contribution is -2.29. The minimum Gasteiger partial charge on any atom is -0.385 e. The summed E-state index contributed by atoms with van der Waals surface area (Å²) in [5.41, 5.74) is 13.3. The molecule has 0 bridgehead atoms. The zero-order valence-corrected chi connectivity index (χ0v) is 13.6. The summed E-state index contributed by atoms with van der Waals surface area (Å²) < 4.78 is 1.80. The van der Waals surface area contributed by atoms with Crippen LogP contribution in [0.25, 0.3) is 11.3 Å². The fourth-order valence-electron chi connectivity index (χ4n) is 3.33. The van der Waals surface area contributed by atoms with E-state index in [0.717, 1.165) is 24.8 Å². The highest BCUT2D eigenvalue weighted by Crippen LogP contribution is 2.38. The van der Waals surface area contributed by atoms with Gasteiger partial charge in [0.05, 0.1) is 5.69 Å². The van der Waals surface area contributed by atoms with Gasteiger partial charge in [-0.05, 0) is 24.8 Å². The maximum atomic E-state index is 12.3. The predicted octanol–water partition coefficient (Wildman–Crippen LogP) is 3.11.